The number of piperidine rings is 1. The van der Waals surface area contributed by atoms with Crippen LogP contribution in [0.4, 0.5) is 4.39 Å². The molecule has 5 nitrogen and oxygen atoms in total. The molecule has 0 bridgehead atoms. The fourth-order valence-corrected chi connectivity index (χ4v) is 4.26. The number of likely N-dealkylation sites (tertiary alicyclic amines) is 1. The van der Waals surface area contributed by atoms with E-state index in [4.69, 9.17) is 4.74 Å². The van der Waals surface area contributed by atoms with Gasteiger partial charge in [0.05, 0.1) is 13.0 Å². The van der Waals surface area contributed by atoms with Crippen molar-refractivity contribution in [1.82, 2.24) is 10.2 Å². The number of hydrogen-bond acceptors (Lipinski definition) is 3. The monoisotopic (exact) mass is 434 g/mol. The Labute approximate surface area is 187 Å². The average Bonchev–Trinajstić information content (AvgIpc) is 2.83. The van der Waals surface area contributed by atoms with Crippen LogP contribution in [-0.4, -0.2) is 36.9 Å². The second kappa shape index (κ2) is 9.39. The summed E-state index contributed by atoms with van der Waals surface area (Å²) in [6.45, 7) is 2.96. The maximum absolute atomic E-state index is 13.8. The Bertz CT molecular complexity index is 1160. The zero-order valence-corrected chi connectivity index (χ0v) is 18.4. The molecule has 166 valence electrons. The summed E-state index contributed by atoms with van der Waals surface area (Å²) in [4.78, 5) is 27.9. The number of rotatable bonds is 5. The average molecular weight is 435 g/mol. The summed E-state index contributed by atoms with van der Waals surface area (Å²) in [5.74, 6) is -0.0314. The number of amides is 2. The van der Waals surface area contributed by atoms with E-state index in [0.717, 1.165) is 34.9 Å². The summed E-state index contributed by atoms with van der Waals surface area (Å²) in [6.07, 6.45) is 1.48. The van der Waals surface area contributed by atoms with E-state index in [1.54, 1.807) is 31.1 Å². The van der Waals surface area contributed by atoms with E-state index in [-0.39, 0.29) is 30.1 Å². The van der Waals surface area contributed by atoms with E-state index in [9.17, 15) is 14.0 Å². The molecule has 3 aromatic rings. The first kappa shape index (κ1) is 21.8. The number of halogens is 1. The van der Waals surface area contributed by atoms with Crippen molar-refractivity contribution < 1.29 is 18.7 Å². The molecule has 32 heavy (non-hydrogen) atoms. The number of ether oxygens (including phenoxy) is 1. The van der Waals surface area contributed by atoms with E-state index >= 15 is 0 Å². The molecule has 6 heteroatoms. The van der Waals surface area contributed by atoms with Crippen molar-refractivity contribution in [3.63, 3.8) is 0 Å². The van der Waals surface area contributed by atoms with Gasteiger partial charge >= 0.3 is 0 Å². The van der Waals surface area contributed by atoms with E-state index in [2.05, 4.69) is 5.32 Å². The van der Waals surface area contributed by atoms with Gasteiger partial charge < -0.3 is 15.0 Å². The first-order chi connectivity index (χ1) is 15.5. The lowest BCUT2D eigenvalue weighted by Gasteiger charge is -2.32. The Hall–Kier alpha value is -3.41. The van der Waals surface area contributed by atoms with Gasteiger partial charge in [0.1, 0.15) is 11.6 Å². The van der Waals surface area contributed by atoms with Crippen LogP contribution >= 0.6 is 0 Å². The van der Waals surface area contributed by atoms with E-state index in [1.165, 1.54) is 6.07 Å². The summed E-state index contributed by atoms with van der Waals surface area (Å²) in [5, 5.41) is 4.62. The summed E-state index contributed by atoms with van der Waals surface area (Å²) in [5.41, 5.74) is 1.90. The van der Waals surface area contributed by atoms with Crippen molar-refractivity contribution in [2.75, 3.05) is 20.2 Å². The third kappa shape index (κ3) is 4.44. The van der Waals surface area contributed by atoms with Crippen LogP contribution in [0.5, 0.6) is 5.75 Å². The molecule has 0 aliphatic carbocycles. The van der Waals surface area contributed by atoms with Crippen molar-refractivity contribution >= 4 is 22.6 Å². The highest BCUT2D eigenvalue weighted by Gasteiger charge is 2.29. The van der Waals surface area contributed by atoms with Gasteiger partial charge in [-0.2, -0.15) is 0 Å². The zero-order valence-electron chi connectivity index (χ0n) is 18.4. The van der Waals surface area contributed by atoms with Gasteiger partial charge in [0, 0.05) is 30.6 Å². The predicted octanol–water partition coefficient (Wildman–Crippen LogP) is 4.46. The lowest BCUT2D eigenvalue weighted by Crippen LogP contribution is -2.45. The largest absolute Gasteiger partial charge is 0.496 e. The maximum atomic E-state index is 13.8. The van der Waals surface area contributed by atoms with Crippen molar-refractivity contribution in [3.05, 3.63) is 77.1 Å². The highest BCUT2D eigenvalue weighted by molar-refractivity contribution is 6.08. The second-order valence-electron chi connectivity index (χ2n) is 8.25. The SMILES string of the molecule is COc1ccc(C(=O)N2CCC[C@@H](C(=O)NCc3ccc(C)c(F)c3)C2)c2ccccc12. The molecule has 0 spiro atoms. The highest BCUT2D eigenvalue weighted by atomic mass is 19.1. The van der Waals surface area contributed by atoms with Crippen molar-refractivity contribution in [2.24, 2.45) is 5.92 Å². The lowest BCUT2D eigenvalue weighted by atomic mass is 9.95. The second-order valence-corrected chi connectivity index (χ2v) is 8.25. The predicted molar refractivity (Wildman–Crippen MR) is 122 cm³/mol. The van der Waals surface area contributed by atoms with Crippen molar-refractivity contribution in [2.45, 2.75) is 26.3 Å². The van der Waals surface area contributed by atoms with Gasteiger partial charge in [0.15, 0.2) is 0 Å². The summed E-state index contributed by atoms with van der Waals surface area (Å²) >= 11 is 0. The number of carbonyl (C=O) groups is 2. The van der Waals surface area contributed by atoms with Gasteiger partial charge in [-0.15, -0.1) is 0 Å². The smallest absolute Gasteiger partial charge is 0.254 e. The van der Waals surface area contributed by atoms with Crippen molar-refractivity contribution in [1.29, 1.82) is 0 Å². The highest BCUT2D eigenvalue weighted by Crippen LogP contribution is 2.30. The summed E-state index contributed by atoms with van der Waals surface area (Å²) < 4.78 is 19.2. The number of methoxy groups -OCH3 is 1. The molecule has 1 fully saturated rings. The Balaban J connectivity index is 1.45. The third-order valence-electron chi connectivity index (χ3n) is 6.12. The van der Waals surface area contributed by atoms with Crippen LogP contribution in [0.25, 0.3) is 10.8 Å². The number of benzene rings is 3. The van der Waals surface area contributed by atoms with E-state index in [0.29, 0.717) is 24.2 Å². The summed E-state index contributed by atoms with van der Waals surface area (Å²) in [6, 6.07) is 16.2. The van der Waals surface area contributed by atoms with Crippen LogP contribution in [0, 0.1) is 18.7 Å². The fraction of sp³-hybridized carbons (Fsp3) is 0.308. The minimum Gasteiger partial charge on any atom is -0.496 e. The molecule has 1 atom stereocenters. The van der Waals surface area contributed by atoms with Crippen LogP contribution in [-0.2, 0) is 11.3 Å². The van der Waals surface area contributed by atoms with E-state index < -0.39 is 0 Å². The quantitative estimate of drug-likeness (QED) is 0.645. The van der Waals surface area contributed by atoms with Crippen LogP contribution in [0.15, 0.2) is 54.6 Å². The van der Waals surface area contributed by atoms with Crippen molar-refractivity contribution in [3.8, 4) is 5.75 Å². The maximum Gasteiger partial charge on any atom is 0.254 e. The molecule has 0 radical (unpaired) electrons. The molecule has 1 N–H and O–H groups in total. The molecule has 0 aromatic heterocycles. The molecule has 3 aromatic carbocycles. The minimum atomic E-state index is -0.285. The van der Waals surface area contributed by atoms with Crippen LogP contribution in [0.3, 0.4) is 0 Å². The molecule has 2 amide bonds. The third-order valence-corrected chi connectivity index (χ3v) is 6.12. The Morgan fingerprint density at radius 2 is 1.91 bits per heavy atom. The minimum absolute atomic E-state index is 0.0815. The Kier molecular flexibility index (Phi) is 6.40. The molecule has 0 unspecified atom stereocenters. The molecule has 1 aliphatic rings. The number of nitrogens with zero attached hydrogens (tertiary/aromatic N) is 1. The van der Waals surface area contributed by atoms with Gasteiger partial charge in [-0.1, -0.05) is 36.4 Å². The van der Waals surface area contributed by atoms with Gasteiger partial charge in [0.25, 0.3) is 5.91 Å². The number of carbonyl (C=O) groups excluding carboxylic acids is 2. The Morgan fingerprint density at radius 3 is 2.66 bits per heavy atom. The lowest BCUT2D eigenvalue weighted by molar-refractivity contribution is -0.126. The first-order valence-electron chi connectivity index (χ1n) is 10.9. The molecular weight excluding hydrogens is 407 g/mol. The molecule has 4 rings (SSSR count). The molecule has 1 saturated heterocycles. The van der Waals surface area contributed by atoms with E-state index in [1.807, 2.05) is 36.4 Å². The molecule has 0 saturated carbocycles. The standard InChI is InChI=1S/C26H27FN2O3/c1-17-9-10-18(14-23(17)27)15-28-25(30)19-6-5-13-29(16-19)26(31)22-11-12-24(32-2)21-8-4-3-7-20(21)22/h3-4,7-12,14,19H,5-6,13,15-16H2,1-2H3,(H,28,30)/t19-/m1/s1. The molecular formula is C26H27FN2O3. The number of nitrogens with one attached hydrogen (secondary N) is 1. The topological polar surface area (TPSA) is 58.6 Å². The summed E-state index contributed by atoms with van der Waals surface area (Å²) in [7, 11) is 1.61. The van der Waals surface area contributed by atoms with Crippen LogP contribution in [0.2, 0.25) is 0 Å². The van der Waals surface area contributed by atoms with Gasteiger partial charge in [-0.05, 0) is 54.5 Å². The molecule has 1 heterocycles. The van der Waals surface area contributed by atoms with Gasteiger partial charge in [-0.25, -0.2) is 4.39 Å². The number of aryl methyl sites for hydroxylation is 1. The normalized spacial score (nSPS) is 16.1. The molecule has 1 aliphatic heterocycles. The first-order valence-corrected chi connectivity index (χ1v) is 10.9. The van der Waals surface area contributed by atoms with Gasteiger partial charge in [0.2, 0.25) is 5.91 Å². The van der Waals surface area contributed by atoms with Crippen LogP contribution in [0.1, 0.15) is 34.3 Å². The van der Waals surface area contributed by atoms with Crippen LogP contribution < -0.4 is 10.1 Å². The zero-order chi connectivity index (χ0) is 22.7. The fourth-order valence-electron chi connectivity index (χ4n) is 4.26. The number of hydrogen-bond donors (Lipinski definition) is 1. The van der Waals surface area contributed by atoms with Gasteiger partial charge in [-0.3, -0.25) is 9.59 Å². The number of fused-ring (bicyclic) bond motifs is 1. The Morgan fingerprint density at radius 1 is 1.12 bits per heavy atom.